The molecule has 0 spiro atoms. The van der Waals surface area contributed by atoms with Crippen LogP contribution < -0.4 is 4.74 Å². The van der Waals surface area contributed by atoms with Crippen LogP contribution in [0.1, 0.15) is 114 Å². The second-order valence-electron chi connectivity index (χ2n) is 11.4. The second kappa shape index (κ2) is 12.9. The van der Waals surface area contributed by atoms with E-state index in [4.69, 9.17) is 14.7 Å². The Morgan fingerprint density at radius 2 is 0.971 bits per heavy atom. The van der Waals surface area contributed by atoms with Crippen molar-refractivity contribution in [3.63, 3.8) is 0 Å². The molecule has 2 aliphatic carbocycles. The van der Waals surface area contributed by atoms with E-state index in [-0.39, 0.29) is 0 Å². The summed E-state index contributed by atoms with van der Waals surface area (Å²) in [5.74, 6) is 5.19. The maximum Gasteiger partial charge on any atom is 0.146 e. The van der Waals surface area contributed by atoms with Crippen LogP contribution in [0.3, 0.4) is 0 Å². The van der Waals surface area contributed by atoms with Crippen molar-refractivity contribution >= 4 is 0 Å². The first kappa shape index (κ1) is 26.2. The minimum Gasteiger partial charge on any atom is -0.454 e. The van der Waals surface area contributed by atoms with E-state index >= 15 is 0 Å². The van der Waals surface area contributed by atoms with Crippen LogP contribution in [0.25, 0.3) is 0 Å². The summed E-state index contributed by atoms with van der Waals surface area (Å²) in [7, 11) is 0. The summed E-state index contributed by atoms with van der Waals surface area (Å²) in [4.78, 5) is 9.62. The van der Waals surface area contributed by atoms with Gasteiger partial charge in [0.25, 0.3) is 0 Å². The van der Waals surface area contributed by atoms with Gasteiger partial charge in [-0.1, -0.05) is 66.2 Å². The summed E-state index contributed by atoms with van der Waals surface area (Å²) >= 11 is 0. The van der Waals surface area contributed by atoms with Gasteiger partial charge in [0.2, 0.25) is 0 Å². The number of rotatable bonds is 10. The van der Waals surface area contributed by atoms with Crippen LogP contribution in [0, 0.1) is 23.7 Å². The van der Waals surface area contributed by atoms with E-state index in [0.717, 1.165) is 60.9 Å². The van der Waals surface area contributed by atoms with Crippen molar-refractivity contribution in [2.24, 2.45) is 23.7 Å². The number of aryl methyl sites for hydroxylation is 2. The Labute approximate surface area is 214 Å². The number of ether oxygens (including phenoxy) is 1. The zero-order valence-electron chi connectivity index (χ0n) is 22.8. The van der Waals surface area contributed by atoms with Crippen molar-refractivity contribution in [1.29, 1.82) is 0 Å². The van der Waals surface area contributed by atoms with Gasteiger partial charge < -0.3 is 4.74 Å². The molecule has 2 heterocycles. The molecule has 0 unspecified atom stereocenters. The Morgan fingerprint density at radius 3 is 1.31 bits per heavy atom. The van der Waals surface area contributed by atoms with Crippen molar-refractivity contribution < 1.29 is 4.74 Å². The summed E-state index contributed by atoms with van der Waals surface area (Å²) in [6.45, 7) is 9.12. The van der Waals surface area contributed by atoms with E-state index in [1.54, 1.807) is 0 Å². The number of hydrogen-bond acceptors (Lipinski definition) is 3. The monoisotopic (exact) mass is 476 g/mol. The lowest BCUT2D eigenvalue weighted by molar-refractivity contribution is 0.267. The maximum atomic E-state index is 6.38. The zero-order valence-corrected chi connectivity index (χ0v) is 22.8. The molecule has 2 fully saturated rings. The third-order valence-electron chi connectivity index (χ3n) is 9.08. The molecule has 0 aromatic carbocycles. The van der Waals surface area contributed by atoms with Gasteiger partial charge in [-0.15, -0.1) is 0 Å². The molecule has 3 nitrogen and oxygen atoms in total. The normalized spacial score (nSPS) is 24.9. The Bertz CT molecular complexity index is 848. The van der Waals surface area contributed by atoms with Gasteiger partial charge in [-0.05, 0) is 98.3 Å². The van der Waals surface area contributed by atoms with Crippen molar-refractivity contribution in [3.8, 4) is 11.5 Å². The summed E-state index contributed by atoms with van der Waals surface area (Å²) in [5.41, 5.74) is 5.24. The van der Waals surface area contributed by atoms with Crippen LogP contribution in [0.15, 0.2) is 24.5 Å². The molecule has 0 N–H and O–H groups in total. The third kappa shape index (κ3) is 7.08. The first-order valence-corrected chi connectivity index (χ1v) is 14.7. The average molecular weight is 477 g/mol. The second-order valence-corrected chi connectivity index (χ2v) is 11.4. The molecule has 0 atom stereocenters. The minimum absolute atomic E-state index is 0.792. The van der Waals surface area contributed by atoms with Crippen LogP contribution in [0.2, 0.25) is 0 Å². The highest BCUT2D eigenvalue weighted by molar-refractivity contribution is 5.36. The van der Waals surface area contributed by atoms with Gasteiger partial charge >= 0.3 is 0 Å². The Hall–Kier alpha value is -1.90. The van der Waals surface area contributed by atoms with E-state index in [1.807, 2.05) is 12.4 Å². The molecule has 2 aliphatic rings. The van der Waals surface area contributed by atoms with Gasteiger partial charge in [0.15, 0.2) is 0 Å². The van der Waals surface area contributed by atoms with Crippen molar-refractivity contribution in [2.75, 3.05) is 0 Å². The molecular formula is C32H48N2O. The van der Waals surface area contributed by atoms with Crippen molar-refractivity contribution in [3.05, 3.63) is 47.0 Å². The predicted molar refractivity (Wildman–Crippen MR) is 146 cm³/mol. The van der Waals surface area contributed by atoms with Crippen LogP contribution in [0.5, 0.6) is 11.5 Å². The highest BCUT2D eigenvalue weighted by Gasteiger charge is 2.23. The smallest absolute Gasteiger partial charge is 0.146 e. The Morgan fingerprint density at radius 1 is 0.600 bits per heavy atom. The topological polar surface area (TPSA) is 35.0 Å². The molecule has 2 saturated carbocycles. The van der Waals surface area contributed by atoms with Gasteiger partial charge in [-0.25, -0.2) is 0 Å². The molecule has 2 aromatic heterocycles. The Kier molecular flexibility index (Phi) is 9.63. The molecule has 0 saturated heterocycles. The SMILES string of the molecule is CCc1ncc(Oc2cnc(CC)c(CC3CCC(CC)CC3)c2)cc1CC1CCC(CC)CC1. The van der Waals surface area contributed by atoms with E-state index in [1.165, 1.54) is 86.7 Å². The molecule has 0 bridgehead atoms. The van der Waals surface area contributed by atoms with E-state index in [9.17, 15) is 0 Å². The number of hydrogen-bond donors (Lipinski definition) is 0. The van der Waals surface area contributed by atoms with Gasteiger partial charge in [-0.3, -0.25) is 9.97 Å². The fourth-order valence-electron chi connectivity index (χ4n) is 6.58. The van der Waals surface area contributed by atoms with Crippen molar-refractivity contribution in [1.82, 2.24) is 9.97 Å². The zero-order chi connectivity index (χ0) is 24.6. The minimum atomic E-state index is 0.792. The first-order valence-electron chi connectivity index (χ1n) is 14.7. The summed E-state index contributed by atoms with van der Waals surface area (Å²) in [5, 5.41) is 0. The summed E-state index contributed by atoms with van der Waals surface area (Å²) in [6.07, 6.45) is 21.8. The largest absolute Gasteiger partial charge is 0.454 e. The molecule has 0 aliphatic heterocycles. The maximum absolute atomic E-state index is 6.38. The first-order chi connectivity index (χ1) is 17.1. The molecule has 0 amide bonds. The molecule has 0 radical (unpaired) electrons. The van der Waals surface area contributed by atoms with Gasteiger partial charge in [-0.2, -0.15) is 0 Å². The lowest BCUT2D eigenvalue weighted by Crippen LogP contribution is -2.17. The lowest BCUT2D eigenvalue weighted by atomic mass is 9.78. The average Bonchev–Trinajstić information content (AvgIpc) is 2.90. The van der Waals surface area contributed by atoms with Crippen LogP contribution in [0.4, 0.5) is 0 Å². The van der Waals surface area contributed by atoms with Gasteiger partial charge in [0.05, 0.1) is 12.4 Å². The number of pyridine rings is 2. The number of aromatic nitrogens is 2. The quantitative estimate of drug-likeness (QED) is 0.343. The molecule has 2 aromatic rings. The predicted octanol–water partition coefficient (Wildman–Crippen LogP) is 8.91. The summed E-state index contributed by atoms with van der Waals surface area (Å²) < 4.78 is 6.38. The van der Waals surface area contributed by atoms with Gasteiger partial charge in [0.1, 0.15) is 11.5 Å². The highest BCUT2D eigenvalue weighted by atomic mass is 16.5. The standard InChI is InChI=1S/C32H48N2O/c1-5-23-9-13-25(14-10-23)17-27-19-29(21-33-31(27)7-3)35-30-20-28(32(8-4)34-22-30)18-26-15-11-24(6-2)12-16-26/h19-26H,5-18H2,1-4H3. The van der Waals surface area contributed by atoms with E-state index < -0.39 is 0 Å². The lowest BCUT2D eigenvalue weighted by Gasteiger charge is -2.28. The van der Waals surface area contributed by atoms with Crippen LogP contribution in [-0.4, -0.2) is 9.97 Å². The fourth-order valence-corrected chi connectivity index (χ4v) is 6.58. The van der Waals surface area contributed by atoms with E-state index in [0.29, 0.717) is 0 Å². The molecule has 192 valence electrons. The molecule has 3 heteroatoms. The van der Waals surface area contributed by atoms with E-state index in [2.05, 4.69) is 39.8 Å². The summed E-state index contributed by atoms with van der Waals surface area (Å²) in [6, 6.07) is 4.52. The molecule has 4 rings (SSSR count). The molecule has 35 heavy (non-hydrogen) atoms. The highest BCUT2D eigenvalue weighted by Crippen LogP contribution is 2.35. The van der Waals surface area contributed by atoms with Crippen LogP contribution >= 0.6 is 0 Å². The van der Waals surface area contributed by atoms with Gasteiger partial charge in [0, 0.05) is 11.4 Å². The molecular weight excluding hydrogens is 428 g/mol. The Balaban J connectivity index is 1.44. The van der Waals surface area contributed by atoms with Crippen LogP contribution in [-0.2, 0) is 25.7 Å². The van der Waals surface area contributed by atoms with Crippen molar-refractivity contribution in [2.45, 2.75) is 118 Å². The number of nitrogens with zero attached hydrogens (tertiary/aromatic N) is 2. The fraction of sp³-hybridized carbons (Fsp3) is 0.688. The third-order valence-corrected chi connectivity index (χ3v) is 9.08.